The fraction of sp³-hybridized carbons (Fsp3) is 0.472. The number of likely N-dealkylation sites (N-methyl/N-ethyl adjacent to an activating group) is 1. The van der Waals surface area contributed by atoms with Gasteiger partial charge in [0.25, 0.3) is 11.8 Å². The van der Waals surface area contributed by atoms with Gasteiger partial charge in [0, 0.05) is 80.5 Å². The molecular weight excluding hydrogens is 597 g/mol. The van der Waals surface area contributed by atoms with Crippen LogP contribution in [0.4, 0.5) is 15.8 Å². The molecule has 0 spiro atoms. The molecule has 47 heavy (non-hydrogen) atoms. The highest BCUT2D eigenvalue weighted by Crippen LogP contribution is 2.34. The molecule has 4 heterocycles. The van der Waals surface area contributed by atoms with Crippen LogP contribution in [0.25, 0.3) is 11.1 Å². The number of anilines is 2. The van der Waals surface area contributed by atoms with Crippen molar-refractivity contribution < 1.29 is 18.7 Å². The van der Waals surface area contributed by atoms with Crippen molar-refractivity contribution in [3.8, 4) is 17.0 Å². The van der Waals surface area contributed by atoms with Gasteiger partial charge in [-0.2, -0.15) is 0 Å². The Morgan fingerprint density at radius 1 is 1.02 bits per heavy atom. The third-order valence-corrected chi connectivity index (χ3v) is 9.70. The van der Waals surface area contributed by atoms with Gasteiger partial charge in [-0.15, -0.1) is 0 Å². The third kappa shape index (κ3) is 7.06. The third-order valence-electron chi connectivity index (χ3n) is 9.70. The van der Waals surface area contributed by atoms with Crippen LogP contribution in [-0.2, 0) is 0 Å². The minimum atomic E-state index is -0.492. The molecule has 3 aromatic rings. The lowest BCUT2D eigenvalue weighted by Crippen LogP contribution is -2.55. The summed E-state index contributed by atoms with van der Waals surface area (Å²) in [7, 11) is 1.94. The van der Waals surface area contributed by atoms with E-state index < -0.39 is 5.82 Å². The largest absolute Gasteiger partial charge is 0.478 e. The SMILES string of the molecule is CCOc1ncccc1-c1ccc(N2CCN(C(=O)c3ccc(N4CC[C@H](NC)C4)cc3F)C[C@H]2CC)c(C(=O)N[C@@H]2CCNC2)c1. The van der Waals surface area contributed by atoms with Gasteiger partial charge >= 0.3 is 0 Å². The molecule has 2 amide bonds. The lowest BCUT2D eigenvalue weighted by molar-refractivity contribution is 0.0715. The Balaban J connectivity index is 1.24. The molecule has 0 radical (unpaired) electrons. The number of piperazine rings is 1. The lowest BCUT2D eigenvalue weighted by Gasteiger charge is -2.43. The van der Waals surface area contributed by atoms with Crippen LogP contribution in [0.1, 0.15) is 53.8 Å². The van der Waals surface area contributed by atoms with E-state index in [0.717, 1.165) is 67.9 Å². The summed E-state index contributed by atoms with van der Waals surface area (Å²) in [4.78, 5) is 38.1. The van der Waals surface area contributed by atoms with Gasteiger partial charge in [-0.1, -0.05) is 13.0 Å². The van der Waals surface area contributed by atoms with Crippen LogP contribution in [0.3, 0.4) is 0 Å². The number of pyridine rings is 1. The number of amides is 2. The van der Waals surface area contributed by atoms with Gasteiger partial charge < -0.3 is 35.4 Å². The van der Waals surface area contributed by atoms with Crippen LogP contribution in [-0.4, -0.2) is 99.3 Å². The Morgan fingerprint density at radius 3 is 2.62 bits per heavy atom. The normalized spacial score (nSPS) is 21.3. The zero-order valence-corrected chi connectivity index (χ0v) is 27.6. The van der Waals surface area contributed by atoms with Crippen LogP contribution in [0.5, 0.6) is 5.88 Å². The van der Waals surface area contributed by atoms with E-state index in [-0.39, 0.29) is 29.5 Å². The Morgan fingerprint density at radius 2 is 1.89 bits per heavy atom. The smallest absolute Gasteiger partial charge is 0.256 e. The second-order valence-corrected chi connectivity index (χ2v) is 12.6. The molecule has 3 fully saturated rings. The second kappa shape index (κ2) is 14.7. The number of hydrogen-bond donors (Lipinski definition) is 3. The number of benzene rings is 2. The summed E-state index contributed by atoms with van der Waals surface area (Å²) in [5, 5.41) is 9.83. The van der Waals surface area contributed by atoms with Crippen LogP contribution in [0.15, 0.2) is 54.7 Å². The van der Waals surface area contributed by atoms with E-state index in [1.807, 2.05) is 50.4 Å². The average Bonchev–Trinajstić information content (AvgIpc) is 3.80. The minimum Gasteiger partial charge on any atom is -0.478 e. The van der Waals surface area contributed by atoms with Gasteiger partial charge in [0.15, 0.2) is 0 Å². The number of rotatable bonds is 10. The van der Waals surface area contributed by atoms with Crippen LogP contribution >= 0.6 is 0 Å². The standard InChI is InChI=1S/C36H46FN7O3/c1-4-27-23-43(36(46)30-10-9-28(20-32(30)37)42-16-13-26(22-42)38-3)17-18-44(27)33-11-8-24(29-7-6-14-40-35(29)47-5-2)19-31(33)34(45)41-25-12-15-39-21-25/h6-11,14,19-20,25-27,38-39H,4-5,12-13,15-18,21-23H2,1-3H3,(H,41,45)/t25-,26+,27-/m1/s1. The van der Waals surface area contributed by atoms with E-state index in [2.05, 4.69) is 37.7 Å². The quantitative estimate of drug-likeness (QED) is 0.306. The molecule has 3 saturated heterocycles. The van der Waals surface area contributed by atoms with Crippen LogP contribution in [0, 0.1) is 5.82 Å². The van der Waals surface area contributed by atoms with Gasteiger partial charge in [0.05, 0.1) is 17.7 Å². The van der Waals surface area contributed by atoms with Gasteiger partial charge in [-0.05, 0) is 87.8 Å². The van der Waals surface area contributed by atoms with E-state index in [0.29, 0.717) is 43.7 Å². The first-order valence-corrected chi connectivity index (χ1v) is 16.9. The number of nitrogens with zero attached hydrogens (tertiary/aromatic N) is 4. The van der Waals surface area contributed by atoms with E-state index in [1.54, 1.807) is 17.2 Å². The molecule has 6 rings (SSSR count). The number of nitrogens with one attached hydrogen (secondary N) is 3. The Kier molecular flexibility index (Phi) is 10.2. The molecule has 10 nitrogen and oxygen atoms in total. The topological polar surface area (TPSA) is 102 Å². The van der Waals surface area contributed by atoms with E-state index in [4.69, 9.17) is 4.74 Å². The zero-order valence-electron chi connectivity index (χ0n) is 27.6. The number of carbonyl (C=O) groups excluding carboxylic acids is 2. The lowest BCUT2D eigenvalue weighted by atomic mass is 9.98. The van der Waals surface area contributed by atoms with Crippen molar-refractivity contribution in [3.63, 3.8) is 0 Å². The minimum absolute atomic E-state index is 0.0546. The fourth-order valence-corrected chi connectivity index (χ4v) is 7.02. The molecule has 0 bridgehead atoms. The van der Waals surface area contributed by atoms with E-state index >= 15 is 4.39 Å². The molecule has 3 atom stereocenters. The van der Waals surface area contributed by atoms with Gasteiger partial charge in [-0.3, -0.25) is 9.59 Å². The number of ether oxygens (including phenoxy) is 1. The molecule has 250 valence electrons. The summed E-state index contributed by atoms with van der Waals surface area (Å²) in [6, 6.07) is 15.1. The second-order valence-electron chi connectivity index (χ2n) is 12.6. The highest BCUT2D eigenvalue weighted by atomic mass is 19.1. The predicted molar refractivity (Wildman–Crippen MR) is 183 cm³/mol. The maximum atomic E-state index is 15.4. The number of carbonyl (C=O) groups is 2. The summed E-state index contributed by atoms with van der Waals surface area (Å²) in [5.74, 6) is -0.403. The molecule has 3 aliphatic heterocycles. The highest BCUT2D eigenvalue weighted by Gasteiger charge is 2.33. The maximum Gasteiger partial charge on any atom is 0.256 e. The highest BCUT2D eigenvalue weighted by molar-refractivity contribution is 6.02. The molecule has 3 N–H and O–H groups in total. The number of aromatic nitrogens is 1. The first-order valence-electron chi connectivity index (χ1n) is 16.9. The first kappa shape index (κ1) is 32.7. The Bertz CT molecular complexity index is 1580. The van der Waals surface area contributed by atoms with Crippen molar-refractivity contribution in [1.29, 1.82) is 0 Å². The summed E-state index contributed by atoms with van der Waals surface area (Å²) in [6.45, 7) is 9.13. The summed E-state index contributed by atoms with van der Waals surface area (Å²) < 4.78 is 21.2. The monoisotopic (exact) mass is 643 g/mol. The maximum absolute atomic E-state index is 15.4. The molecular formula is C36H46FN7O3. The van der Waals surface area contributed by atoms with Gasteiger partial charge in [-0.25, -0.2) is 9.37 Å². The van der Waals surface area contributed by atoms with Crippen molar-refractivity contribution >= 4 is 23.2 Å². The van der Waals surface area contributed by atoms with Gasteiger partial charge in [0.2, 0.25) is 5.88 Å². The predicted octanol–water partition coefficient (Wildman–Crippen LogP) is 3.92. The summed E-state index contributed by atoms with van der Waals surface area (Å²) in [6.07, 6.45) is 4.33. The average molecular weight is 644 g/mol. The van der Waals surface area contributed by atoms with Crippen molar-refractivity contribution in [1.82, 2.24) is 25.8 Å². The zero-order chi connectivity index (χ0) is 32.9. The van der Waals surface area contributed by atoms with Crippen LogP contribution in [0.2, 0.25) is 0 Å². The van der Waals surface area contributed by atoms with E-state index in [9.17, 15) is 9.59 Å². The molecule has 11 heteroatoms. The summed E-state index contributed by atoms with van der Waals surface area (Å²) in [5.41, 5.74) is 3.95. The fourth-order valence-electron chi connectivity index (χ4n) is 7.02. The first-order chi connectivity index (χ1) is 22.9. The molecule has 1 aromatic heterocycles. The van der Waals surface area contributed by atoms with Gasteiger partial charge in [0.1, 0.15) is 5.82 Å². The van der Waals surface area contributed by atoms with Crippen molar-refractivity contribution in [3.05, 3.63) is 71.7 Å². The molecule has 0 saturated carbocycles. The van der Waals surface area contributed by atoms with Crippen molar-refractivity contribution in [2.45, 2.75) is 51.2 Å². The Labute approximate surface area is 276 Å². The van der Waals surface area contributed by atoms with Crippen molar-refractivity contribution in [2.75, 3.05) is 69.3 Å². The number of halogens is 1. The van der Waals surface area contributed by atoms with E-state index in [1.165, 1.54) is 6.07 Å². The van der Waals surface area contributed by atoms with Crippen molar-refractivity contribution in [2.24, 2.45) is 0 Å². The van der Waals surface area contributed by atoms with Crippen LogP contribution < -0.4 is 30.5 Å². The molecule has 0 unspecified atom stereocenters. The number of hydrogen-bond acceptors (Lipinski definition) is 8. The Hall–Kier alpha value is -4.22. The molecule has 2 aromatic carbocycles. The molecule has 0 aliphatic carbocycles. The molecule has 3 aliphatic rings. The summed E-state index contributed by atoms with van der Waals surface area (Å²) >= 11 is 0.